The molecule has 1 N–H and O–H groups in total. The first-order valence-electron chi connectivity index (χ1n) is 8.22. The van der Waals surface area contributed by atoms with Crippen molar-refractivity contribution in [3.63, 3.8) is 0 Å². The zero-order chi connectivity index (χ0) is 15.9. The maximum absolute atomic E-state index is 12.6. The number of hydrogen-bond acceptors (Lipinski definition) is 3. The Balaban J connectivity index is 2.47. The van der Waals surface area contributed by atoms with Crippen LogP contribution in [0.1, 0.15) is 52.9 Å². The van der Waals surface area contributed by atoms with E-state index in [0.717, 1.165) is 45.2 Å². The molecular weight excluding hydrogens is 286 g/mol. The van der Waals surface area contributed by atoms with Crippen LogP contribution in [0.5, 0.6) is 0 Å². The van der Waals surface area contributed by atoms with Gasteiger partial charge in [0.25, 0.3) is 10.2 Å². The Morgan fingerprint density at radius 1 is 1.19 bits per heavy atom. The summed E-state index contributed by atoms with van der Waals surface area (Å²) in [4.78, 5) is 0. The van der Waals surface area contributed by atoms with E-state index in [2.05, 4.69) is 26.1 Å². The van der Waals surface area contributed by atoms with Crippen LogP contribution in [0.3, 0.4) is 0 Å². The van der Waals surface area contributed by atoms with Crippen LogP contribution in [0.15, 0.2) is 0 Å². The van der Waals surface area contributed by atoms with Gasteiger partial charge in [0, 0.05) is 26.7 Å². The molecule has 0 spiro atoms. The predicted octanol–water partition coefficient (Wildman–Crippen LogP) is 2.06. The molecule has 0 unspecified atom stereocenters. The van der Waals surface area contributed by atoms with Crippen LogP contribution in [-0.2, 0) is 10.2 Å². The van der Waals surface area contributed by atoms with E-state index in [-0.39, 0.29) is 5.41 Å². The second kappa shape index (κ2) is 8.46. The third kappa shape index (κ3) is 6.22. The van der Waals surface area contributed by atoms with Crippen molar-refractivity contribution in [2.75, 3.05) is 39.8 Å². The summed E-state index contributed by atoms with van der Waals surface area (Å²) >= 11 is 0. The molecule has 0 saturated carbocycles. The van der Waals surface area contributed by atoms with E-state index in [1.165, 1.54) is 4.31 Å². The molecule has 0 atom stereocenters. The lowest BCUT2D eigenvalue weighted by Gasteiger charge is -2.27. The quantitative estimate of drug-likeness (QED) is 0.697. The zero-order valence-corrected chi connectivity index (χ0v) is 15.0. The van der Waals surface area contributed by atoms with Gasteiger partial charge in [-0.15, -0.1) is 0 Å². The Morgan fingerprint density at radius 3 is 2.57 bits per heavy atom. The highest BCUT2D eigenvalue weighted by Gasteiger charge is 2.31. The van der Waals surface area contributed by atoms with Gasteiger partial charge in [-0.05, 0) is 50.6 Å². The molecule has 126 valence electrons. The van der Waals surface area contributed by atoms with Gasteiger partial charge in [0.15, 0.2) is 0 Å². The first-order chi connectivity index (χ1) is 9.79. The normalized spacial score (nSPS) is 20.6. The minimum absolute atomic E-state index is 0.257. The van der Waals surface area contributed by atoms with Gasteiger partial charge in [0.2, 0.25) is 0 Å². The summed E-state index contributed by atoms with van der Waals surface area (Å²) < 4.78 is 28.4. The molecule has 6 heteroatoms. The molecule has 0 radical (unpaired) electrons. The molecule has 0 aromatic carbocycles. The molecule has 1 saturated heterocycles. The molecule has 1 fully saturated rings. The average Bonchev–Trinajstić information content (AvgIpc) is 2.59. The molecule has 0 amide bonds. The van der Waals surface area contributed by atoms with Crippen LogP contribution < -0.4 is 5.32 Å². The third-order valence-electron chi connectivity index (χ3n) is 4.27. The van der Waals surface area contributed by atoms with Crippen LogP contribution in [0.4, 0.5) is 0 Å². The second-order valence-corrected chi connectivity index (χ2v) is 8.89. The van der Waals surface area contributed by atoms with E-state index in [4.69, 9.17) is 0 Å². The van der Waals surface area contributed by atoms with Gasteiger partial charge in [-0.2, -0.15) is 17.0 Å². The number of nitrogens with one attached hydrogen (secondary N) is 1. The lowest BCUT2D eigenvalue weighted by Crippen LogP contribution is -2.43. The molecule has 0 aliphatic carbocycles. The summed E-state index contributed by atoms with van der Waals surface area (Å²) in [6.07, 6.45) is 4.96. The summed E-state index contributed by atoms with van der Waals surface area (Å²) in [5.41, 5.74) is 0.257. The first kappa shape index (κ1) is 18.9. The fourth-order valence-corrected chi connectivity index (χ4v) is 4.11. The largest absolute Gasteiger partial charge is 0.317 e. The van der Waals surface area contributed by atoms with Gasteiger partial charge in [0.1, 0.15) is 0 Å². The van der Waals surface area contributed by atoms with Crippen molar-refractivity contribution in [3.05, 3.63) is 0 Å². The predicted molar refractivity (Wildman–Crippen MR) is 88.5 cm³/mol. The first-order valence-corrected chi connectivity index (χ1v) is 9.61. The van der Waals surface area contributed by atoms with E-state index >= 15 is 0 Å². The summed E-state index contributed by atoms with van der Waals surface area (Å²) in [6.45, 7) is 10.3. The summed E-state index contributed by atoms with van der Waals surface area (Å²) in [7, 11) is -1.59. The van der Waals surface area contributed by atoms with E-state index in [1.54, 1.807) is 11.4 Å². The Labute approximate surface area is 131 Å². The van der Waals surface area contributed by atoms with Gasteiger partial charge in [0.05, 0.1) is 0 Å². The van der Waals surface area contributed by atoms with Crippen molar-refractivity contribution >= 4 is 10.2 Å². The van der Waals surface area contributed by atoms with Crippen LogP contribution in [-0.4, -0.2) is 56.8 Å². The average molecular weight is 320 g/mol. The van der Waals surface area contributed by atoms with Crippen LogP contribution >= 0.6 is 0 Å². The van der Waals surface area contributed by atoms with Crippen molar-refractivity contribution in [2.24, 2.45) is 5.41 Å². The second-order valence-electron chi connectivity index (χ2n) is 6.85. The maximum atomic E-state index is 12.6. The summed E-state index contributed by atoms with van der Waals surface area (Å²) in [5.74, 6) is 0. The maximum Gasteiger partial charge on any atom is 0.281 e. The highest BCUT2D eigenvalue weighted by atomic mass is 32.2. The van der Waals surface area contributed by atoms with Gasteiger partial charge >= 0.3 is 0 Å². The van der Waals surface area contributed by atoms with E-state index in [0.29, 0.717) is 19.6 Å². The lowest BCUT2D eigenvalue weighted by molar-refractivity contribution is 0.309. The van der Waals surface area contributed by atoms with Crippen LogP contribution in [0.2, 0.25) is 0 Å². The Kier molecular flexibility index (Phi) is 7.60. The number of nitrogens with zero attached hydrogens (tertiary/aromatic N) is 2. The molecule has 1 heterocycles. The fourth-order valence-electron chi connectivity index (χ4n) is 2.67. The molecule has 0 aromatic heterocycles. The van der Waals surface area contributed by atoms with E-state index < -0.39 is 10.2 Å². The topological polar surface area (TPSA) is 52.7 Å². The van der Waals surface area contributed by atoms with Crippen molar-refractivity contribution in [2.45, 2.75) is 52.9 Å². The monoisotopic (exact) mass is 319 g/mol. The third-order valence-corrected chi connectivity index (χ3v) is 6.26. The molecule has 1 aliphatic rings. The number of hydrogen-bond donors (Lipinski definition) is 1. The molecule has 0 bridgehead atoms. The van der Waals surface area contributed by atoms with Crippen molar-refractivity contribution in [1.29, 1.82) is 0 Å². The molecular formula is C15H33N3O2S. The Hall–Kier alpha value is -0.170. The SMILES string of the molecule is CCCNCCCN(C)S(=O)(=O)N1CCCC(C)(C)CC1. The van der Waals surface area contributed by atoms with Crippen molar-refractivity contribution in [3.8, 4) is 0 Å². The van der Waals surface area contributed by atoms with Crippen molar-refractivity contribution in [1.82, 2.24) is 13.9 Å². The molecule has 5 nitrogen and oxygen atoms in total. The van der Waals surface area contributed by atoms with E-state index in [9.17, 15) is 8.42 Å². The summed E-state index contributed by atoms with van der Waals surface area (Å²) in [5, 5.41) is 3.31. The molecule has 1 aliphatic heterocycles. The fraction of sp³-hybridized carbons (Fsp3) is 1.00. The van der Waals surface area contributed by atoms with Gasteiger partial charge in [-0.3, -0.25) is 0 Å². The standard InChI is InChI=1S/C15H33N3O2S/c1-5-10-16-11-7-12-17(4)21(19,20)18-13-6-8-15(2,3)9-14-18/h16H,5-14H2,1-4H3. The van der Waals surface area contributed by atoms with Gasteiger partial charge < -0.3 is 5.32 Å². The van der Waals surface area contributed by atoms with E-state index in [1.807, 2.05) is 0 Å². The molecule has 1 rings (SSSR count). The van der Waals surface area contributed by atoms with Gasteiger partial charge in [-0.25, -0.2) is 0 Å². The minimum Gasteiger partial charge on any atom is -0.317 e. The van der Waals surface area contributed by atoms with Crippen LogP contribution in [0, 0.1) is 5.41 Å². The highest BCUT2D eigenvalue weighted by Crippen LogP contribution is 2.30. The zero-order valence-electron chi connectivity index (χ0n) is 14.2. The highest BCUT2D eigenvalue weighted by molar-refractivity contribution is 7.86. The Morgan fingerprint density at radius 2 is 1.90 bits per heavy atom. The van der Waals surface area contributed by atoms with Crippen molar-refractivity contribution < 1.29 is 8.42 Å². The van der Waals surface area contributed by atoms with Gasteiger partial charge in [-0.1, -0.05) is 20.8 Å². The lowest BCUT2D eigenvalue weighted by atomic mass is 9.85. The summed E-state index contributed by atoms with van der Waals surface area (Å²) in [6, 6.07) is 0. The number of rotatable bonds is 8. The molecule has 21 heavy (non-hydrogen) atoms. The minimum atomic E-state index is -3.29. The van der Waals surface area contributed by atoms with Crippen LogP contribution in [0.25, 0.3) is 0 Å². The smallest absolute Gasteiger partial charge is 0.281 e. The Bertz CT molecular complexity index is 396. The molecule has 0 aromatic rings.